The molecule has 1 aromatic carbocycles. The second kappa shape index (κ2) is 4.90. The maximum atomic E-state index is 12.8. The predicted octanol–water partition coefficient (Wildman–Crippen LogP) is 4.97. The minimum absolute atomic E-state index is 0.227. The van der Waals surface area contributed by atoms with E-state index in [4.69, 9.17) is 3.10 Å². The molecule has 6 heteroatoms. The fourth-order valence-electron chi connectivity index (χ4n) is 5.01. The third-order valence-electron chi connectivity index (χ3n) is 6.60. The van der Waals surface area contributed by atoms with E-state index in [0.29, 0.717) is 6.10 Å². The molecule has 1 spiro atoms. The summed E-state index contributed by atoms with van der Waals surface area (Å²) in [6.07, 6.45) is -0.398. The summed E-state index contributed by atoms with van der Waals surface area (Å²) in [6, 6.07) is 5.66. The number of fused-ring (bicyclic) bond motifs is 1. The van der Waals surface area contributed by atoms with Crippen LogP contribution in [0.4, 0.5) is 13.2 Å². The van der Waals surface area contributed by atoms with Crippen LogP contribution >= 0.6 is 12.8 Å². The van der Waals surface area contributed by atoms with Crippen LogP contribution in [0.2, 0.25) is 4.47 Å². The van der Waals surface area contributed by atoms with Crippen LogP contribution in [0.1, 0.15) is 38.7 Å². The van der Waals surface area contributed by atoms with E-state index in [-0.39, 0.29) is 10.8 Å². The standard InChI is InChI=1S/C17H20BrF3OTe/c1-15(2)12-7-8-16(15)10-23(18,22-14(16)9-12)13-5-3-11(4-6-13)17(19,20)21/h3-6,12,14H,7-10H2,1-2H3. The van der Waals surface area contributed by atoms with Gasteiger partial charge < -0.3 is 0 Å². The number of benzene rings is 1. The van der Waals surface area contributed by atoms with E-state index in [1.807, 2.05) is 0 Å². The van der Waals surface area contributed by atoms with Gasteiger partial charge in [-0.1, -0.05) is 0 Å². The summed E-state index contributed by atoms with van der Waals surface area (Å²) in [5.41, 5.74) is -0.0755. The molecule has 4 rings (SSSR count). The molecule has 0 amide bonds. The summed E-state index contributed by atoms with van der Waals surface area (Å²) in [5, 5.41) is 0. The molecule has 4 atom stereocenters. The van der Waals surface area contributed by atoms with Crippen LogP contribution in [0.5, 0.6) is 0 Å². The first-order chi connectivity index (χ1) is 10.6. The molecule has 4 unspecified atom stereocenters. The molecule has 2 saturated carbocycles. The molecule has 2 bridgehead atoms. The molecule has 3 fully saturated rings. The summed E-state index contributed by atoms with van der Waals surface area (Å²) in [4.78, 5) is 0. The third-order valence-corrected chi connectivity index (χ3v) is 18.5. The first-order valence-corrected chi connectivity index (χ1v) is 16.9. The van der Waals surface area contributed by atoms with E-state index in [1.165, 1.54) is 25.0 Å². The van der Waals surface area contributed by atoms with Gasteiger partial charge in [-0.05, 0) is 0 Å². The quantitative estimate of drug-likeness (QED) is 0.491. The summed E-state index contributed by atoms with van der Waals surface area (Å²) >= 11 is 0.944. The van der Waals surface area contributed by atoms with Crippen LogP contribution in [0.15, 0.2) is 24.3 Å². The second-order valence-corrected chi connectivity index (χ2v) is 20.8. The molecule has 0 N–H and O–H groups in total. The van der Waals surface area contributed by atoms with Gasteiger partial charge in [0.05, 0.1) is 0 Å². The monoisotopic (exact) mass is 506 g/mol. The topological polar surface area (TPSA) is 9.23 Å². The van der Waals surface area contributed by atoms with Gasteiger partial charge in [0.2, 0.25) is 0 Å². The van der Waals surface area contributed by atoms with E-state index in [0.717, 1.165) is 20.4 Å². The number of alkyl halides is 3. The Bertz CT molecular complexity index is 644. The SMILES string of the molecule is CC1(C)C2CCC13C[Te](Br)(c1ccc(C(F)(F)F)cc1)OC3C2. The van der Waals surface area contributed by atoms with Gasteiger partial charge in [0.1, 0.15) is 0 Å². The Morgan fingerprint density at radius 3 is 2.39 bits per heavy atom. The number of hydrogen-bond acceptors (Lipinski definition) is 1. The van der Waals surface area contributed by atoms with E-state index in [1.54, 1.807) is 12.1 Å². The van der Waals surface area contributed by atoms with Crippen molar-refractivity contribution >= 4 is 32.8 Å². The van der Waals surface area contributed by atoms with Crippen LogP contribution < -0.4 is 3.61 Å². The molecule has 1 aliphatic heterocycles. The number of hydrogen-bond donors (Lipinski definition) is 0. The van der Waals surface area contributed by atoms with E-state index in [2.05, 4.69) is 26.6 Å². The zero-order valence-corrected chi connectivity index (χ0v) is 17.0. The molecule has 1 heterocycles. The molecule has 2 aliphatic carbocycles. The van der Waals surface area contributed by atoms with Crippen molar-refractivity contribution in [2.75, 3.05) is 0 Å². The number of halogens is 4. The molecule has 1 aromatic rings. The van der Waals surface area contributed by atoms with Gasteiger partial charge in [0, 0.05) is 0 Å². The van der Waals surface area contributed by atoms with Gasteiger partial charge in [-0.2, -0.15) is 0 Å². The van der Waals surface area contributed by atoms with Crippen molar-refractivity contribution in [1.82, 2.24) is 0 Å². The summed E-state index contributed by atoms with van der Waals surface area (Å²) in [7, 11) is 0. The molecule has 0 aromatic heterocycles. The van der Waals surface area contributed by atoms with Gasteiger partial charge >= 0.3 is 145 Å². The van der Waals surface area contributed by atoms with Crippen LogP contribution in [-0.2, 0) is 9.28 Å². The fraction of sp³-hybridized carbons (Fsp3) is 0.647. The van der Waals surface area contributed by atoms with E-state index < -0.39 is 28.1 Å². The summed E-state index contributed by atoms with van der Waals surface area (Å²) in [6.45, 7) is 4.73. The Labute approximate surface area is 145 Å². The van der Waals surface area contributed by atoms with Crippen molar-refractivity contribution in [1.29, 1.82) is 0 Å². The van der Waals surface area contributed by atoms with Crippen molar-refractivity contribution in [3.05, 3.63) is 29.8 Å². The normalized spacial score (nSPS) is 44.1. The van der Waals surface area contributed by atoms with Crippen molar-refractivity contribution < 1.29 is 16.3 Å². The Balaban J connectivity index is 1.66. The fourth-order valence-corrected chi connectivity index (χ4v) is 18.7. The second-order valence-electron chi connectivity index (χ2n) is 7.70. The van der Waals surface area contributed by atoms with E-state index in [9.17, 15) is 13.2 Å². The molecule has 1 nitrogen and oxygen atoms in total. The van der Waals surface area contributed by atoms with Crippen molar-refractivity contribution in [3.8, 4) is 0 Å². The molecule has 0 radical (unpaired) electrons. The van der Waals surface area contributed by atoms with Crippen LogP contribution in [0.3, 0.4) is 0 Å². The zero-order valence-electron chi connectivity index (χ0n) is 13.1. The number of rotatable bonds is 1. The Hall–Kier alpha value is 0.240. The van der Waals surface area contributed by atoms with Crippen LogP contribution in [-0.4, -0.2) is 22.5 Å². The summed E-state index contributed by atoms with van der Waals surface area (Å²) in [5.74, 6) is 0.736. The zero-order chi connectivity index (χ0) is 16.7. The van der Waals surface area contributed by atoms with Gasteiger partial charge in [0.15, 0.2) is 0 Å². The Morgan fingerprint density at radius 2 is 1.87 bits per heavy atom. The maximum absolute atomic E-state index is 12.8. The molecule has 3 aliphatic rings. The Morgan fingerprint density at radius 1 is 1.22 bits per heavy atom. The van der Waals surface area contributed by atoms with Crippen molar-refractivity contribution in [2.45, 2.75) is 49.9 Å². The Kier molecular flexibility index (Phi) is 3.56. The molecule has 128 valence electrons. The summed E-state index contributed by atoms with van der Waals surface area (Å²) < 4.78 is 46.9. The van der Waals surface area contributed by atoms with Crippen LogP contribution in [0, 0.1) is 16.7 Å². The van der Waals surface area contributed by atoms with Gasteiger partial charge in [0.25, 0.3) is 0 Å². The molecule has 1 saturated heterocycles. The first-order valence-electron chi connectivity index (χ1n) is 7.95. The van der Waals surface area contributed by atoms with Gasteiger partial charge in [-0.3, -0.25) is 0 Å². The van der Waals surface area contributed by atoms with Crippen molar-refractivity contribution in [3.63, 3.8) is 0 Å². The van der Waals surface area contributed by atoms with Gasteiger partial charge in [-0.15, -0.1) is 0 Å². The minimum atomic E-state index is -4.28. The molecular formula is C17H20BrF3OTe. The first kappa shape index (κ1) is 16.7. The van der Waals surface area contributed by atoms with E-state index >= 15 is 0 Å². The average molecular weight is 505 g/mol. The van der Waals surface area contributed by atoms with Crippen LogP contribution in [0.25, 0.3) is 0 Å². The molecule has 23 heavy (non-hydrogen) atoms. The predicted molar refractivity (Wildman–Crippen MR) is 89.0 cm³/mol. The third kappa shape index (κ3) is 2.21. The average Bonchev–Trinajstić information content (AvgIpc) is 2.98. The van der Waals surface area contributed by atoms with Crippen molar-refractivity contribution in [2.24, 2.45) is 16.7 Å². The van der Waals surface area contributed by atoms with Gasteiger partial charge in [-0.25, -0.2) is 0 Å². The molecular weight excluding hydrogens is 485 g/mol.